The molecular weight excluding hydrogens is 406 g/mol. The lowest BCUT2D eigenvalue weighted by molar-refractivity contribution is -0.384. The minimum atomic E-state index is -0.537. The molecule has 1 amide bonds. The van der Waals surface area contributed by atoms with Crippen LogP contribution in [0.1, 0.15) is 11.3 Å². The maximum Gasteiger partial charge on any atom is 0.330 e. The van der Waals surface area contributed by atoms with Crippen LogP contribution in [0.4, 0.5) is 17.2 Å². The number of rotatable bonds is 7. The van der Waals surface area contributed by atoms with Gasteiger partial charge in [-0.25, -0.2) is 4.79 Å². The van der Waals surface area contributed by atoms with Crippen molar-refractivity contribution < 1.29 is 23.8 Å². The second-order valence-electron chi connectivity index (χ2n) is 7.00. The summed E-state index contributed by atoms with van der Waals surface area (Å²) in [5.41, 5.74) is 0.987. The van der Waals surface area contributed by atoms with Crippen molar-refractivity contribution in [2.75, 3.05) is 50.1 Å². The number of aryl methyl sites for hydroxylation is 1. The number of nitro benzene ring substituents is 1. The van der Waals surface area contributed by atoms with Crippen LogP contribution in [0.25, 0.3) is 6.08 Å². The third-order valence-corrected chi connectivity index (χ3v) is 4.78. The molecule has 1 N–H and O–H groups in total. The average molecular weight is 429 g/mol. The van der Waals surface area contributed by atoms with Gasteiger partial charge in [0.2, 0.25) is 5.91 Å². The number of nitrogens with one attached hydrogen (secondary N) is 1. The Balaban J connectivity index is 1.60. The monoisotopic (exact) mass is 429 g/mol. The van der Waals surface area contributed by atoms with Gasteiger partial charge in [-0.2, -0.15) is 0 Å². The molecule has 31 heavy (non-hydrogen) atoms. The Labute approximate surface area is 178 Å². The summed E-state index contributed by atoms with van der Waals surface area (Å²) in [6.45, 7) is 4.16. The van der Waals surface area contributed by atoms with E-state index in [1.807, 2.05) is 9.80 Å². The lowest BCUT2D eigenvalue weighted by atomic mass is 10.1. The number of ether oxygens (including phenoxy) is 1. The molecule has 2 aromatic rings. The zero-order valence-corrected chi connectivity index (χ0v) is 17.2. The lowest BCUT2D eigenvalue weighted by Gasteiger charge is -2.35. The van der Waals surface area contributed by atoms with Gasteiger partial charge in [0.25, 0.3) is 5.69 Å². The van der Waals surface area contributed by atoms with E-state index < -0.39 is 10.9 Å². The summed E-state index contributed by atoms with van der Waals surface area (Å²) in [7, 11) is 1.26. The Kier molecular flexibility index (Phi) is 6.98. The van der Waals surface area contributed by atoms with Gasteiger partial charge in [-0.05, 0) is 24.6 Å². The van der Waals surface area contributed by atoms with Crippen LogP contribution in [-0.2, 0) is 14.3 Å². The van der Waals surface area contributed by atoms with Gasteiger partial charge in [-0.15, -0.1) is 0 Å². The standard InChI is InChI=1S/C20H23N5O6/c1-14-11-18(22-31-14)21-19(26)13-23-7-9-24(10-8-23)16-5-3-15(4-6-20(27)30-2)12-17(16)25(28)29/h3-6,11-12H,7-10,13H2,1-2H3,(H,21,22,26)/b6-4+. The molecule has 1 saturated heterocycles. The number of nitro groups is 1. The first kappa shape index (κ1) is 22.0. The second kappa shape index (κ2) is 9.85. The highest BCUT2D eigenvalue weighted by Crippen LogP contribution is 2.30. The summed E-state index contributed by atoms with van der Waals surface area (Å²) in [5, 5.41) is 18.0. The molecule has 11 heteroatoms. The van der Waals surface area contributed by atoms with Gasteiger partial charge in [-0.1, -0.05) is 11.2 Å². The quantitative estimate of drug-likeness (QED) is 0.303. The minimum absolute atomic E-state index is 0.0420. The largest absolute Gasteiger partial charge is 0.466 e. The fraction of sp³-hybridized carbons (Fsp3) is 0.350. The van der Waals surface area contributed by atoms with E-state index in [4.69, 9.17) is 4.52 Å². The number of amides is 1. The third-order valence-electron chi connectivity index (χ3n) is 4.78. The summed E-state index contributed by atoms with van der Waals surface area (Å²) in [6.07, 6.45) is 2.68. The van der Waals surface area contributed by atoms with E-state index >= 15 is 0 Å². The van der Waals surface area contributed by atoms with Crippen molar-refractivity contribution in [1.82, 2.24) is 10.1 Å². The molecule has 0 unspecified atom stereocenters. The van der Waals surface area contributed by atoms with Gasteiger partial charge in [0.1, 0.15) is 11.4 Å². The molecule has 0 aliphatic carbocycles. The van der Waals surface area contributed by atoms with Crippen LogP contribution in [0.15, 0.2) is 34.9 Å². The van der Waals surface area contributed by atoms with Crippen LogP contribution >= 0.6 is 0 Å². The Bertz CT molecular complexity index is 994. The highest BCUT2D eigenvalue weighted by Gasteiger charge is 2.25. The number of piperazine rings is 1. The molecule has 0 bridgehead atoms. The van der Waals surface area contributed by atoms with Gasteiger partial charge in [-0.3, -0.25) is 19.8 Å². The van der Waals surface area contributed by atoms with Crippen LogP contribution in [0.2, 0.25) is 0 Å². The maximum atomic E-state index is 12.2. The first-order valence-electron chi connectivity index (χ1n) is 9.60. The number of carbonyl (C=O) groups is 2. The Morgan fingerprint density at radius 3 is 2.65 bits per heavy atom. The fourth-order valence-electron chi connectivity index (χ4n) is 3.25. The zero-order chi connectivity index (χ0) is 22.4. The van der Waals surface area contributed by atoms with E-state index in [0.29, 0.717) is 49.0 Å². The number of methoxy groups -OCH3 is 1. The van der Waals surface area contributed by atoms with E-state index in [1.54, 1.807) is 25.1 Å². The summed E-state index contributed by atoms with van der Waals surface area (Å²) in [5.74, 6) is 0.246. The molecule has 2 heterocycles. The van der Waals surface area contributed by atoms with E-state index in [0.717, 1.165) is 0 Å². The minimum Gasteiger partial charge on any atom is -0.466 e. The second-order valence-corrected chi connectivity index (χ2v) is 7.00. The van der Waals surface area contributed by atoms with Gasteiger partial charge in [0.15, 0.2) is 5.82 Å². The van der Waals surface area contributed by atoms with Crippen LogP contribution in [-0.4, -0.2) is 66.7 Å². The van der Waals surface area contributed by atoms with Crippen molar-refractivity contribution in [1.29, 1.82) is 0 Å². The molecule has 0 spiro atoms. The van der Waals surface area contributed by atoms with Crippen molar-refractivity contribution in [2.24, 2.45) is 0 Å². The van der Waals surface area contributed by atoms with E-state index in [2.05, 4.69) is 15.2 Å². The SMILES string of the molecule is COC(=O)/C=C/c1ccc(N2CCN(CC(=O)Nc3cc(C)on3)CC2)c([N+](=O)[O-])c1. The number of aromatic nitrogens is 1. The van der Waals surface area contributed by atoms with Crippen molar-refractivity contribution >= 4 is 35.1 Å². The molecule has 164 valence electrons. The molecule has 1 aromatic carbocycles. The van der Waals surface area contributed by atoms with Gasteiger partial charge in [0.05, 0.1) is 18.6 Å². The predicted octanol–water partition coefficient (Wildman–Crippen LogP) is 1.84. The summed E-state index contributed by atoms with van der Waals surface area (Å²) in [6, 6.07) is 6.44. The molecule has 3 rings (SSSR count). The first-order chi connectivity index (χ1) is 14.9. The normalized spacial score (nSPS) is 14.6. The molecule has 1 aliphatic rings. The molecule has 0 atom stereocenters. The van der Waals surface area contributed by atoms with Gasteiger partial charge >= 0.3 is 5.97 Å². The summed E-state index contributed by atoms with van der Waals surface area (Å²) in [4.78, 5) is 38.4. The molecule has 1 aromatic heterocycles. The summed E-state index contributed by atoms with van der Waals surface area (Å²) >= 11 is 0. The number of hydrogen-bond donors (Lipinski definition) is 1. The number of anilines is 2. The van der Waals surface area contributed by atoms with Crippen LogP contribution < -0.4 is 10.2 Å². The Morgan fingerprint density at radius 2 is 2.03 bits per heavy atom. The number of esters is 1. The van der Waals surface area contributed by atoms with Crippen molar-refractivity contribution in [3.63, 3.8) is 0 Å². The van der Waals surface area contributed by atoms with Gasteiger partial charge in [0, 0.05) is 44.4 Å². The smallest absolute Gasteiger partial charge is 0.330 e. The van der Waals surface area contributed by atoms with Crippen LogP contribution in [0.3, 0.4) is 0 Å². The van der Waals surface area contributed by atoms with Crippen LogP contribution in [0, 0.1) is 17.0 Å². The molecule has 0 saturated carbocycles. The maximum absolute atomic E-state index is 12.2. The highest BCUT2D eigenvalue weighted by molar-refractivity contribution is 5.91. The first-order valence-corrected chi connectivity index (χ1v) is 9.60. The van der Waals surface area contributed by atoms with Gasteiger partial charge < -0.3 is 19.5 Å². The van der Waals surface area contributed by atoms with E-state index in [1.165, 1.54) is 25.3 Å². The molecule has 11 nitrogen and oxygen atoms in total. The highest BCUT2D eigenvalue weighted by atomic mass is 16.6. The average Bonchev–Trinajstić information content (AvgIpc) is 3.16. The summed E-state index contributed by atoms with van der Waals surface area (Å²) < 4.78 is 9.45. The third kappa shape index (κ3) is 5.89. The molecule has 1 fully saturated rings. The Hall–Kier alpha value is -3.73. The van der Waals surface area contributed by atoms with E-state index in [-0.39, 0.29) is 18.1 Å². The van der Waals surface area contributed by atoms with Crippen molar-refractivity contribution in [3.8, 4) is 0 Å². The number of carbonyl (C=O) groups excluding carboxylic acids is 2. The molecule has 0 radical (unpaired) electrons. The van der Waals surface area contributed by atoms with Crippen molar-refractivity contribution in [3.05, 3.63) is 51.8 Å². The number of benzene rings is 1. The van der Waals surface area contributed by atoms with Crippen LogP contribution in [0.5, 0.6) is 0 Å². The fourth-order valence-corrected chi connectivity index (χ4v) is 3.25. The van der Waals surface area contributed by atoms with Crippen molar-refractivity contribution in [2.45, 2.75) is 6.92 Å². The molecule has 1 aliphatic heterocycles. The number of nitrogens with zero attached hydrogens (tertiary/aromatic N) is 4. The predicted molar refractivity (Wildman–Crippen MR) is 113 cm³/mol. The number of hydrogen-bond acceptors (Lipinski definition) is 9. The Morgan fingerprint density at radius 1 is 1.29 bits per heavy atom. The topological polar surface area (TPSA) is 131 Å². The zero-order valence-electron chi connectivity index (χ0n) is 17.2. The van der Waals surface area contributed by atoms with E-state index in [9.17, 15) is 19.7 Å². The molecular formula is C20H23N5O6. The lowest BCUT2D eigenvalue weighted by Crippen LogP contribution is -2.48.